The molecule has 2 unspecified atom stereocenters. The molecule has 4 nitrogen and oxygen atoms in total. The van der Waals surface area contributed by atoms with E-state index in [2.05, 4.69) is 10.9 Å². The van der Waals surface area contributed by atoms with Gasteiger partial charge in [0.25, 0.3) is 0 Å². The fourth-order valence-electron chi connectivity index (χ4n) is 0.319. The molecule has 0 aromatic heterocycles. The van der Waals surface area contributed by atoms with Crippen molar-refractivity contribution in [2.75, 3.05) is 0 Å². The van der Waals surface area contributed by atoms with Crippen molar-refractivity contribution in [3.05, 3.63) is 0 Å². The summed E-state index contributed by atoms with van der Waals surface area (Å²) in [5, 5.41) is 17.4. The van der Waals surface area contributed by atoms with Crippen LogP contribution in [-0.2, 0) is 0 Å². The number of nitrogens with one attached hydrogen (secondary N) is 2. The van der Waals surface area contributed by atoms with Crippen LogP contribution in [0.1, 0.15) is 20.3 Å². The number of aliphatic hydroxyl groups is 2. The number of hydrogen-bond acceptors (Lipinski definition) is 4. The molecule has 0 rings (SSSR count). The van der Waals surface area contributed by atoms with E-state index in [1.165, 1.54) is 0 Å². The van der Waals surface area contributed by atoms with Crippen molar-refractivity contribution in [2.24, 2.45) is 0 Å². The summed E-state index contributed by atoms with van der Waals surface area (Å²) in [6.07, 6.45) is -0.606. The highest BCUT2D eigenvalue weighted by Crippen LogP contribution is 1.80. The molecule has 2 atom stereocenters. The summed E-state index contributed by atoms with van der Waals surface area (Å²) >= 11 is 0. The standard InChI is InChI=1S/C5H14N2O2/c1-3-5(9)7-6-4(2)8/h4-9H,3H2,1-2H3. The third kappa shape index (κ3) is 5.72. The molecule has 0 saturated carbocycles. The number of rotatable bonds is 4. The molecule has 56 valence electrons. The molecule has 0 bridgehead atoms. The van der Waals surface area contributed by atoms with Gasteiger partial charge in [-0.1, -0.05) is 6.92 Å². The van der Waals surface area contributed by atoms with Gasteiger partial charge in [0.2, 0.25) is 0 Å². The predicted molar refractivity (Wildman–Crippen MR) is 34.2 cm³/mol. The van der Waals surface area contributed by atoms with Gasteiger partial charge in [0.05, 0.1) is 0 Å². The second kappa shape index (κ2) is 4.69. The molecule has 0 radical (unpaired) electrons. The maximum atomic E-state index is 8.82. The first kappa shape index (κ1) is 8.84. The van der Waals surface area contributed by atoms with Crippen LogP contribution in [0.25, 0.3) is 0 Å². The lowest BCUT2D eigenvalue weighted by Crippen LogP contribution is -2.45. The van der Waals surface area contributed by atoms with Crippen molar-refractivity contribution < 1.29 is 10.2 Å². The summed E-state index contributed by atoms with van der Waals surface area (Å²) in [4.78, 5) is 0. The Kier molecular flexibility index (Phi) is 4.61. The lowest BCUT2D eigenvalue weighted by molar-refractivity contribution is 0.0633. The molecule has 0 spiro atoms. The van der Waals surface area contributed by atoms with Crippen molar-refractivity contribution >= 4 is 0 Å². The fourth-order valence-corrected chi connectivity index (χ4v) is 0.319. The Hall–Kier alpha value is -0.160. The average molecular weight is 134 g/mol. The molecule has 0 heterocycles. The van der Waals surface area contributed by atoms with Crippen molar-refractivity contribution in [3.8, 4) is 0 Å². The second-order valence-corrected chi connectivity index (χ2v) is 1.89. The zero-order valence-electron chi connectivity index (χ0n) is 5.76. The Morgan fingerprint density at radius 3 is 2.22 bits per heavy atom. The minimum Gasteiger partial charge on any atom is -0.378 e. The Balaban J connectivity index is 3.06. The summed E-state index contributed by atoms with van der Waals surface area (Å²) in [6.45, 7) is 3.40. The molecular weight excluding hydrogens is 120 g/mol. The first-order valence-electron chi connectivity index (χ1n) is 3.04. The SMILES string of the molecule is CCC(O)NNC(C)O. The van der Waals surface area contributed by atoms with Crippen LogP contribution in [0.15, 0.2) is 0 Å². The van der Waals surface area contributed by atoms with Crippen molar-refractivity contribution in [1.29, 1.82) is 0 Å². The van der Waals surface area contributed by atoms with Crippen LogP contribution in [0, 0.1) is 0 Å². The molecular formula is C5H14N2O2. The third-order valence-electron chi connectivity index (χ3n) is 0.846. The van der Waals surface area contributed by atoms with Crippen molar-refractivity contribution in [1.82, 2.24) is 10.9 Å². The molecule has 0 aliphatic carbocycles. The Labute approximate surface area is 54.9 Å². The van der Waals surface area contributed by atoms with Gasteiger partial charge >= 0.3 is 0 Å². The number of aliphatic hydroxyl groups excluding tert-OH is 2. The second-order valence-electron chi connectivity index (χ2n) is 1.89. The lowest BCUT2D eigenvalue weighted by atomic mass is 10.4. The fraction of sp³-hybridized carbons (Fsp3) is 1.00. The summed E-state index contributed by atoms with van der Waals surface area (Å²) in [6, 6.07) is 0. The summed E-state index contributed by atoms with van der Waals surface area (Å²) in [5.74, 6) is 0. The number of hydrogen-bond donors (Lipinski definition) is 4. The van der Waals surface area contributed by atoms with Gasteiger partial charge in [-0.05, 0) is 13.3 Å². The van der Waals surface area contributed by atoms with Gasteiger partial charge < -0.3 is 10.2 Å². The van der Waals surface area contributed by atoms with E-state index >= 15 is 0 Å². The Morgan fingerprint density at radius 1 is 1.33 bits per heavy atom. The minimum atomic E-state index is -0.633. The molecule has 0 saturated heterocycles. The average Bonchev–Trinajstić information content (AvgIpc) is 1.83. The van der Waals surface area contributed by atoms with Crippen LogP contribution >= 0.6 is 0 Å². The molecule has 0 aromatic carbocycles. The van der Waals surface area contributed by atoms with Gasteiger partial charge in [0.15, 0.2) is 0 Å². The van der Waals surface area contributed by atoms with E-state index in [4.69, 9.17) is 10.2 Å². The summed E-state index contributed by atoms with van der Waals surface area (Å²) < 4.78 is 0. The molecule has 0 aliphatic heterocycles. The van der Waals surface area contributed by atoms with E-state index in [0.717, 1.165) is 0 Å². The van der Waals surface area contributed by atoms with Gasteiger partial charge in [-0.2, -0.15) is 0 Å². The monoisotopic (exact) mass is 134 g/mol. The van der Waals surface area contributed by atoms with Crippen LogP contribution in [0.4, 0.5) is 0 Å². The molecule has 0 fully saturated rings. The smallest absolute Gasteiger partial charge is 0.116 e. The van der Waals surface area contributed by atoms with Gasteiger partial charge in [0, 0.05) is 0 Å². The maximum absolute atomic E-state index is 8.82. The van der Waals surface area contributed by atoms with Gasteiger partial charge in [0.1, 0.15) is 12.5 Å². The summed E-state index contributed by atoms with van der Waals surface area (Å²) in [7, 11) is 0. The molecule has 0 amide bonds. The third-order valence-corrected chi connectivity index (χ3v) is 0.846. The molecule has 0 aromatic rings. The van der Waals surface area contributed by atoms with E-state index in [-0.39, 0.29) is 0 Å². The van der Waals surface area contributed by atoms with E-state index in [1.54, 1.807) is 6.92 Å². The quantitative estimate of drug-likeness (QED) is 0.298. The largest absolute Gasteiger partial charge is 0.378 e. The van der Waals surface area contributed by atoms with Gasteiger partial charge in [-0.15, -0.1) is 0 Å². The highest BCUT2D eigenvalue weighted by atomic mass is 16.3. The highest BCUT2D eigenvalue weighted by Gasteiger charge is 1.98. The van der Waals surface area contributed by atoms with E-state index < -0.39 is 12.5 Å². The molecule has 4 N–H and O–H groups in total. The first-order valence-corrected chi connectivity index (χ1v) is 3.04. The Morgan fingerprint density at radius 2 is 1.89 bits per heavy atom. The lowest BCUT2D eigenvalue weighted by Gasteiger charge is -2.12. The Bertz CT molecular complexity index is 68.0. The molecule has 4 heteroatoms. The van der Waals surface area contributed by atoms with Crippen molar-refractivity contribution in [3.63, 3.8) is 0 Å². The topological polar surface area (TPSA) is 64.5 Å². The molecule has 9 heavy (non-hydrogen) atoms. The molecule has 0 aliphatic rings. The van der Waals surface area contributed by atoms with Gasteiger partial charge in [-0.25, -0.2) is 10.9 Å². The maximum Gasteiger partial charge on any atom is 0.116 e. The van der Waals surface area contributed by atoms with Crippen molar-refractivity contribution in [2.45, 2.75) is 32.7 Å². The number of hydrazine groups is 1. The van der Waals surface area contributed by atoms with Crippen LogP contribution in [0.2, 0.25) is 0 Å². The van der Waals surface area contributed by atoms with E-state index in [9.17, 15) is 0 Å². The highest BCUT2D eigenvalue weighted by molar-refractivity contribution is 4.44. The van der Waals surface area contributed by atoms with Gasteiger partial charge in [-0.3, -0.25) is 0 Å². The van der Waals surface area contributed by atoms with Crippen LogP contribution < -0.4 is 10.9 Å². The van der Waals surface area contributed by atoms with Crippen LogP contribution in [0.5, 0.6) is 0 Å². The first-order chi connectivity index (χ1) is 4.16. The zero-order chi connectivity index (χ0) is 7.28. The van der Waals surface area contributed by atoms with Crippen LogP contribution in [-0.4, -0.2) is 22.7 Å². The predicted octanol–water partition coefficient (Wildman–Crippen LogP) is -0.853. The minimum absolute atomic E-state index is 0.584. The summed E-state index contributed by atoms with van der Waals surface area (Å²) in [5.41, 5.74) is 4.94. The van der Waals surface area contributed by atoms with Crippen LogP contribution in [0.3, 0.4) is 0 Å². The van der Waals surface area contributed by atoms with E-state index in [1.807, 2.05) is 6.92 Å². The normalized spacial score (nSPS) is 17.3. The zero-order valence-corrected chi connectivity index (χ0v) is 5.76. The van der Waals surface area contributed by atoms with E-state index in [0.29, 0.717) is 6.42 Å².